The topological polar surface area (TPSA) is 38.0 Å². The van der Waals surface area contributed by atoms with Crippen LogP contribution in [0.1, 0.15) is 57.8 Å². The lowest BCUT2D eigenvalue weighted by Gasteiger charge is -2.40. The quantitative estimate of drug-likeness (QED) is 0.915. The second kappa shape index (κ2) is 5.21. The average Bonchev–Trinajstić information content (AvgIpc) is 2.61. The van der Waals surface area contributed by atoms with E-state index < -0.39 is 5.60 Å². The maximum Gasteiger partial charge on any atom is 0.0738 e. The number of hydrogen-bond donors (Lipinski definition) is 1. The van der Waals surface area contributed by atoms with Gasteiger partial charge in [-0.2, -0.15) is 5.10 Å². The van der Waals surface area contributed by atoms with Crippen LogP contribution in [0.15, 0.2) is 4.47 Å². The summed E-state index contributed by atoms with van der Waals surface area (Å²) in [7, 11) is 0. The molecule has 1 heterocycles. The van der Waals surface area contributed by atoms with Gasteiger partial charge in [-0.05, 0) is 60.9 Å². The van der Waals surface area contributed by atoms with Gasteiger partial charge in [0.15, 0.2) is 0 Å². The number of hydrogen-bond acceptors (Lipinski definition) is 2. The van der Waals surface area contributed by atoms with E-state index in [4.69, 9.17) is 0 Å². The molecule has 0 radical (unpaired) electrons. The molecule has 2 rings (SSSR count). The van der Waals surface area contributed by atoms with Gasteiger partial charge in [0, 0.05) is 13.0 Å². The average molecular weight is 329 g/mol. The number of rotatable bonds is 3. The first kappa shape index (κ1) is 15.0. The van der Waals surface area contributed by atoms with E-state index in [9.17, 15) is 5.11 Å². The van der Waals surface area contributed by atoms with Gasteiger partial charge in [-0.3, -0.25) is 4.68 Å². The van der Waals surface area contributed by atoms with Crippen molar-refractivity contribution in [3.63, 3.8) is 0 Å². The Morgan fingerprint density at radius 2 is 1.84 bits per heavy atom. The van der Waals surface area contributed by atoms with Gasteiger partial charge in [0.05, 0.1) is 21.5 Å². The Kier molecular flexibility index (Phi) is 4.12. The van der Waals surface area contributed by atoms with Crippen LogP contribution in [0.25, 0.3) is 0 Å². The Bertz CT molecular complexity index is 455. The van der Waals surface area contributed by atoms with Gasteiger partial charge < -0.3 is 5.11 Å². The number of nitrogens with zero attached hydrogens (tertiary/aromatic N) is 2. The minimum Gasteiger partial charge on any atom is -0.389 e. The molecule has 0 bridgehead atoms. The molecule has 1 fully saturated rings. The van der Waals surface area contributed by atoms with Crippen LogP contribution >= 0.6 is 15.9 Å². The SMILES string of the molecule is CCn1nc(C)c(Br)c1CC1(O)CCC(C)(C)CC1. The van der Waals surface area contributed by atoms with Gasteiger partial charge in [0.25, 0.3) is 0 Å². The van der Waals surface area contributed by atoms with Gasteiger partial charge in [0.2, 0.25) is 0 Å². The van der Waals surface area contributed by atoms with E-state index in [2.05, 4.69) is 41.8 Å². The van der Waals surface area contributed by atoms with Gasteiger partial charge in [-0.15, -0.1) is 0 Å². The number of aliphatic hydroxyl groups is 1. The van der Waals surface area contributed by atoms with Crippen molar-refractivity contribution in [3.8, 4) is 0 Å². The normalized spacial score (nSPS) is 21.6. The minimum absolute atomic E-state index is 0.379. The molecule has 1 aliphatic rings. The predicted molar refractivity (Wildman–Crippen MR) is 81.2 cm³/mol. The molecule has 0 unspecified atom stereocenters. The molecule has 0 aliphatic heterocycles. The third-order valence-corrected chi connectivity index (χ3v) is 5.52. The summed E-state index contributed by atoms with van der Waals surface area (Å²) in [5.74, 6) is 0. The van der Waals surface area contributed by atoms with Crippen molar-refractivity contribution in [2.75, 3.05) is 0 Å². The number of halogens is 1. The van der Waals surface area contributed by atoms with Crippen molar-refractivity contribution in [2.45, 2.75) is 71.9 Å². The third kappa shape index (κ3) is 3.22. The molecule has 1 aliphatic carbocycles. The maximum atomic E-state index is 10.8. The molecule has 1 N–H and O–H groups in total. The first-order chi connectivity index (χ1) is 8.76. The molecule has 0 spiro atoms. The van der Waals surface area contributed by atoms with Crippen LogP contribution in [0.4, 0.5) is 0 Å². The zero-order valence-electron chi connectivity index (χ0n) is 12.5. The molecule has 1 saturated carbocycles. The standard InChI is InChI=1S/C15H25BrN2O/c1-5-18-12(13(16)11(2)17-18)10-15(19)8-6-14(3,4)7-9-15/h19H,5-10H2,1-4H3. The highest BCUT2D eigenvalue weighted by atomic mass is 79.9. The van der Waals surface area contributed by atoms with E-state index in [0.717, 1.165) is 48.1 Å². The van der Waals surface area contributed by atoms with Crippen LogP contribution in [-0.4, -0.2) is 20.5 Å². The summed E-state index contributed by atoms with van der Waals surface area (Å²) in [6.45, 7) is 9.54. The van der Waals surface area contributed by atoms with Gasteiger partial charge >= 0.3 is 0 Å². The Hall–Kier alpha value is -0.350. The van der Waals surface area contributed by atoms with Gasteiger partial charge in [-0.25, -0.2) is 0 Å². The Balaban J connectivity index is 2.17. The van der Waals surface area contributed by atoms with Gasteiger partial charge in [-0.1, -0.05) is 13.8 Å². The van der Waals surface area contributed by atoms with Crippen molar-refractivity contribution in [1.82, 2.24) is 9.78 Å². The van der Waals surface area contributed by atoms with Crippen molar-refractivity contribution in [1.29, 1.82) is 0 Å². The molecule has 1 aromatic rings. The largest absolute Gasteiger partial charge is 0.389 e. The summed E-state index contributed by atoms with van der Waals surface area (Å²) in [6.07, 6.45) is 4.68. The lowest BCUT2D eigenvalue weighted by Crippen LogP contribution is -2.39. The zero-order chi connectivity index (χ0) is 14.3. The van der Waals surface area contributed by atoms with Crippen LogP contribution in [-0.2, 0) is 13.0 Å². The first-order valence-corrected chi connectivity index (χ1v) is 8.00. The third-order valence-electron chi connectivity index (χ3n) is 4.48. The monoisotopic (exact) mass is 328 g/mol. The Morgan fingerprint density at radius 3 is 2.37 bits per heavy atom. The maximum absolute atomic E-state index is 10.8. The van der Waals surface area contributed by atoms with Crippen LogP contribution < -0.4 is 0 Å². The fraction of sp³-hybridized carbons (Fsp3) is 0.800. The molecular formula is C15H25BrN2O. The summed E-state index contributed by atoms with van der Waals surface area (Å²) < 4.78 is 3.07. The van der Waals surface area contributed by atoms with Crippen LogP contribution in [0.3, 0.4) is 0 Å². The van der Waals surface area contributed by atoms with E-state index in [-0.39, 0.29) is 0 Å². The molecule has 4 heteroatoms. The molecule has 0 amide bonds. The van der Waals surface area contributed by atoms with Crippen LogP contribution in [0, 0.1) is 12.3 Å². The highest BCUT2D eigenvalue weighted by Gasteiger charge is 2.38. The second-order valence-electron chi connectivity index (χ2n) is 6.73. The van der Waals surface area contributed by atoms with E-state index in [1.807, 2.05) is 11.6 Å². The first-order valence-electron chi connectivity index (χ1n) is 7.20. The minimum atomic E-state index is -0.558. The fourth-order valence-electron chi connectivity index (χ4n) is 2.92. The van der Waals surface area contributed by atoms with Crippen LogP contribution in [0.2, 0.25) is 0 Å². The molecule has 0 saturated heterocycles. The van der Waals surface area contributed by atoms with Crippen molar-refractivity contribution in [3.05, 3.63) is 15.9 Å². The molecule has 108 valence electrons. The fourth-order valence-corrected chi connectivity index (χ4v) is 3.34. The highest BCUT2D eigenvalue weighted by Crippen LogP contribution is 2.42. The summed E-state index contributed by atoms with van der Waals surface area (Å²) in [5.41, 5.74) is 1.97. The molecule has 1 aromatic heterocycles. The summed E-state index contributed by atoms with van der Waals surface area (Å²) in [6, 6.07) is 0. The summed E-state index contributed by atoms with van der Waals surface area (Å²) in [5, 5.41) is 15.4. The molecule has 0 atom stereocenters. The molecular weight excluding hydrogens is 304 g/mol. The second-order valence-corrected chi connectivity index (χ2v) is 7.52. The Morgan fingerprint density at radius 1 is 1.26 bits per heavy atom. The van der Waals surface area contributed by atoms with Crippen molar-refractivity contribution >= 4 is 15.9 Å². The van der Waals surface area contributed by atoms with Gasteiger partial charge in [0.1, 0.15) is 0 Å². The highest BCUT2D eigenvalue weighted by molar-refractivity contribution is 9.10. The smallest absolute Gasteiger partial charge is 0.0738 e. The molecule has 0 aromatic carbocycles. The van der Waals surface area contributed by atoms with Crippen LogP contribution in [0.5, 0.6) is 0 Å². The summed E-state index contributed by atoms with van der Waals surface area (Å²) in [4.78, 5) is 0. The number of aromatic nitrogens is 2. The molecule has 19 heavy (non-hydrogen) atoms. The van der Waals surface area contributed by atoms with E-state index in [1.54, 1.807) is 0 Å². The summed E-state index contributed by atoms with van der Waals surface area (Å²) >= 11 is 3.62. The lowest BCUT2D eigenvalue weighted by atomic mass is 9.69. The van der Waals surface area contributed by atoms with Crippen molar-refractivity contribution in [2.24, 2.45) is 5.41 Å². The van der Waals surface area contributed by atoms with E-state index >= 15 is 0 Å². The Labute approximate surface area is 124 Å². The zero-order valence-corrected chi connectivity index (χ0v) is 14.0. The van der Waals surface area contributed by atoms with E-state index in [0.29, 0.717) is 11.8 Å². The number of aryl methyl sites for hydroxylation is 2. The van der Waals surface area contributed by atoms with E-state index in [1.165, 1.54) is 0 Å². The molecule has 3 nitrogen and oxygen atoms in total. The predicted octanol–water partition coefficient (Wildman–Crippen LogP) is 3.85. The van der Waals surface area contributed by atoms with Crippen molar-refractivity contribution < 1.29 is 5.11 Å². The lowest BCUT2D eigenvalue weighted by molar-refractivity contribution is -0.0266.